The summed E-state index contributed by atoms with van der Waals surface area (Å²) in [7, 11) is 1.83. The van der Waals surface area contributed by atoms with Gasteiger partial charge in [-0.25, -0.2) is 0 Å². The summed E-state index contributed by atoms with van der Waals surface area (Å²) in [5.74, 6) is 0.165. The maximum atomic E-state index is 12.9. The minimum Gasteiger partial charge on any atom is -0.344 e. The van der Waals surface area contributed by atoms with E-state index >= 15 is 0 Å². The van der Waals surface area contributed by atoms with Gasteiger partial charge in [-0.3, -0.25) is 14.3 Å². The number of likely N-dealkylation sites (tertiary alicyclic amines) is 1. The van der Waals surface area contributed by atoms with Crippen molar-refractivity contribution in [1.29, 1.82) is 0 Å². The van der Waals surface area contributed by atoms with E-state index in [1.807, 2.05) is 11.9 Å². The standard InChI is InChI=1S/C15H22N4O2/c1-3-8-18-13(6-7-16-18)15(21)19-11-4-5-12(19)10-17(2)14(20)9-11/h6-7,11-12H,3-5,8-10H2,1-2H3/t11-,12+/m1/s1. The Labute approximate surface area is 124 Å². The molecule has 0 radical (unpaired) electrons. The predicted molar refractivity (Wildman–Crippen MR) is 77.8 cm³/mol. The number of aromatic nitrogens is 2. The maximum absolute atomic E-state index is 12.9. The molecule has 1 aromatic heterocycles. The number of amides is 2. The third-order valence-corrected chi connectivity index (χ3v) is 4.55. The van der Waals surface area contributed by atoms with Crippen LogP contribution in [0.5, 0.6) is 0 Å². The summed E-state index contributed by atoms with van der Waals surface area (Å²) in [6, 6.07) is 1.97. The van der Waals surface area contributed by atoms with Crippen LogP contribution in [0.3, 0.4) is 0 Å². The smallest absolute Gasteiger partial charge is 0.272 e. The SMILES string of the molecule is CCCn1nccc1C(=O)N1[C@@H]2CC[C@H]1CN(C)C(=O)C2. The summed E-state index contributed by atoms with van der Waals surface area (Å²) in [4.78, 5) is 28.6. The van der Waals surface area contributed by atoms with Crippen LogP contribution >= 0.6 is 0 Å². The lowest BCUT2D eigenvalue weighted by molar-refractivity contribution is -0.130. The number of rotatable bonds is 3. The lowest BCUT2D eigenvalue weighted by atomic mass is 10.1. The molecule has 114 valence electrons. The van der Waals surface area contributed by atoms with Gasteiger partial charge >= 0.3 is 0 Å². The molecule has 2 bridgehead atoms. The second-order valence-corrected chi connectivity index (χ2v) is 6.02. The molecule has 0 saturated carbocycles. The minimum atomic E-state index is 0.0246. The van der Waals surface area contributed by atoms with E-state index in [0.29, 0.717) is 18.7 Å². The molecule has 1 aromatic rings. The molecule has 0 aliphatic carbocycles. The quantitative estimate of drug-likeness (QED) is 0.838. The molecule has 21 heavy (non-hydrogen) atoms. The van der Waals surface area contributed by atoms with Crippen LogP contribution in [0.4, 0.5) is 0 Å². The van der Waals surface area contributed by atoms with Gasteiger partial charge < -0.3 is 9.80 Å². The van der Waals surface area contributed by atoms with Crippen molar-refractivity contribution in [2.45, 2.75) is 51.2 Å². The third-order valence-electron chi connectivity index (χ3n) is 4.55. The summed E-state index contributed by atoms with van der Waals surface area (Å²) in [6.45, 7) is 3.46. The van der Waals surface area contributed by atoms with Crippen LogP contribution in [0.2, 0.25) is 0 Å². The summed E-state index contributed by atoms with van der Waals surface area (Å²) in [6.07, 6.45) is 4.98. The fourth-order valence-corrected chi connectivity index (χ4v) is 3.48. The first-order valence-corrected chi connectivity index (χ1v) is 7.70. The number of nitrogens with zero attached hydrogens (tertiary/aromatic N) is 4. The highest BCUT2D eigenvalue weighted by atomic mass is 16.2. The van der Waals surface area contributed by atoms with Gasteiger partial charge in [0, 0.05) is 38.8 Å². The Kier molecular flexibility index (Phi) is 3.69. The number of hydrogen-bond donors (Lipinski definition) is 0. The van der Waals surface area contributed by atoms with Gasteiger partial charge in [0.25, 0.3) is 5.91 Å². The number of fused-ring (bicyclic) bond motifs is 2. The van der Waals surface area contributed by atoms with Crippen molar-refractivity contribution >= 4 is 11.8 Å². The predicted octanol–water partition coefficient (Wildman–Crippen LogP) is 1.13. The summed E-state index contributed by atoms with van der Waals surface area (Å²) < 4.78 is 1.78. The Bertz CT molecular complexity index is 554. The van der Waals surface area contributed by atoms with E-state index < -0.39 is 0 Å². The van der Waals surface area contributed by atoms with E-state index in [9.17, 15) is 9.59 Å². The topological polar surface area (TPSA) is 58.4 Å². The molecule has 2 fully saturated rings. The molecule has 2 aliphatic rings. The first-order chi connectivity index (χ1) is 10.1. The summed E-state index contributed by atoms with van der Waals surface area (Å²) in [5, 5.41) is 4.24. The van der Waals surface area contributed by atoms with Crippen molar-refractivity contribution in [3.8, 4) is 0 Å². The van der Waals surface area contributed by atoms with E-state index in [1.165, 1.54) is 0 Å². The number of carbonyl (C=O) groups is 2. The van der Waals surface area contributed by atoms with Crippen molar-refractivity contribution in [3.05, 3.63) is 18.0 Å². The molecule has 0 unspecified atom stereocenters. The van der Waals surface area contributed by atoms with Crippen LogP contribution in [0.25, 0.3) is 0 Å². The monoisotopic (exact) mass is 290 g/mol. The van der Waals surface area contributed by atoms with Gasteiger partial charge in [0.05, 0.1) is 6.04 Å². The largest absolute Gasteiger partial charge is 0.344 e. The number of likely N-dealkylation sites (N-methyl/N-ethyl adjacent to an activating group) is 1. The third kappa shape index (κ3) is 2.43. The van der Waals surface area contributed by atoms with Gasteiger partial charge in [0.15, 0.2) is 0 Å². The Morgan fingerprint density at radius 1 is 1.38 bits per heavy atom. The minimum absolute atomic E-state index is 0.0246. The number of aryl methyl sites for hydroxylation is 1. The first-order valence-electron chi connectivity index (χ1n) is 7.70. The van der Waals surface area contributed by atoms with Crippen molar-refractivity contribution in [2.24, 2.45) is 0 Å². The average molecular weight is 290 g/mol. The van der Waals surface area contributed by atoms with Crippen LogP contribution in [-0.4, -0.2) is 57.1 Å². The molecule has 3 rings (SSSR count). The van der Waals surface area contributed by atoms with Crippen molar-refractivity contribution in [3.63, 3.8) is 0 Å². The van der Waals surface area contributed by atoms with E-state index in [4.69, 9.17) is 0 Å². The van der Waals surface area contributed by atoms with E-state index in [1.54, 1.807) is 21.8 Å². The molecule has 3 heterocycles. The Balaban J connectivity index is 1.87. The molecule has 2 atom stereocenters. The fourth-order valence-electron chi connectivity index (χ4n) is 3.48. The lowest BCUT2D eigenvalue weighted by Gasteiger charge is -2.28. The molecular formula is C15H22N4O2. The second kappa shape index (κ2) is 5.50. The summed E-state index contributed by atoms with van der Waals surface area (Å²) in [5.41, 5.74) is 0.644. The number of carbonyl (C=O) groups excluding carboxylic acids is 2. The molecule has 2 amide bonds. The molecule has 0 N–H and O–H groups in total. The van der Waals surface area contributed by atoms with Crippen LogP contribution in [0, 0.1) is 0 Å². The van der Waals surface area contributed by atoms with Crippen molar-refractivity contribution in [1.82, 2.24) is 19.6 Å². The van der Waals surface area contributed by atoms with E-state index in [-0.39, 0.29) is 23.9 Å². The van der Waals surface area contributed by atoms with Gasteiger partial charge in [-0.15, -0.1) is 0 Å². The molecule has 2 saturated heterocycles. The fraction of sp³-hybridized carbons (Fsp3) is 0.667. The van der Waals surface area contributed by atoms with Crippen LogP contribution in [0.15, 0.2) is 12.3 Å². The normalized spacial score (nSPS) is 25.3. The van der Waals surface area contributed by atoms with Crippen LogP contribution in [-0.2, 0) is 11.3 Å². The van der Waals surface area contributed by atoms with E-state index in [0.717, 1.165) is 25.8 Å². The summed E-state index contributed by atoms with van der Waals surface area (Å²) >= 11 is 0. The molecule has 0 spiro atoms. The number of hydrogen-bond acceptors (Lipinski definition) is 3. The van der Waals surface area contributed by atoms with Crippen LogP contribution < -0.4 is 0 Å². The van der Waals surface area contributed by atoms with Crippen molar-refractivity contribution in [2.75, 3.05) is 13.6 Å². The zero-order chi connectivity index (χ0) is 15.0. The van der Waals surface area contributed by atoms with Crippen LogP contribution in [0.1, 0.15) is 43.1 Å². The van der Waals surface area contributed by atoms with Crippen molar-refractivity contribution < 1.29 is 9.59 Å². The highest BCUT2D eigenvalue weighted by Crippen LogP contribution is 2.31. The first kappa shape index (κ1) is 14.1. The van der Waals surface area contributed by atoms with E-state index in [2.05, 4.69) is 12.0 Å². The molecule has 6 heteroatoms. The molecule has 6 nitrogen and oxygen atoms in total. The highest BCUT2D eigenvalue weighted by molar-refractivity contribution is 5.94. The van der Waals surface area contributed by atoms with Gasteiger partial charge in [-0.1, -0.05) is 6.92 Å². The average Bonchev–Trinajstić information content (AvgIpc) is 3.03. The lowest BCUT2D eigenvalue weighted by Crippen LogP contribution is -2.43. The molecule has 2 aliphatic heterocycles. The molecular weight excluding hydrogens is 268 g/mol. The Morgan fingerprint density at radius 2 is 2.14 bits per heavy atom. The molecule has 0 aromatic carbocycles. The Morgan fingerprint density at radius 3 is 2.90 bits per heavy atom. The second-order valence-electron chi connectivity index (χ2n) is 6.02. The highest BCUT2D eigenvalue weighted by Gasteiger charge is 2.42. The Hall–Kier alpha value is -1.85. The van der Waals surface area contributed by atoms with Gasteiger partial charge in [0.1, 0.15) is 5.69 Å². The van der Waals surface area contributed by atoms with Gasteiger partial charge in [-0.2, -0.15) is 5.10 Å². The zero-order valence-corrected chi connectivity index (χ0v) is 12.7. The van der Waals surface area contributed by atoms with Gasteiger partial charge in [-0.05, 0) is 25.3 Å². The van der Waals surface area contributed by atoms with Gasteiger partial charge in [0.2, 0.25) is 5.91 Å². The maximum Gasteiger partial charge on any atom is 0.272 e. The zero-order valence-electron chi connectivity index (χ0n) is 12.7.